The van der Waals surface area contributed by atoms with Crippen LogP contribution in [0.4, 0.5) is 5.69 Å². The van der Waals surface area contributed by atoms with Gasteiger partial charge in [-0.15, -0.1) is 0 Å². The number of carbonyl (C=O) groups excluding carboxylic acids is 1. The Morgan fingerprint density at radius 2 is 1.70 bits per heavy atom. The molecule has 2 aromatic carbocycles. The molecular formula is C17H19NO2. The zero-order valence-electron chi connectivity index (χ0n) is 12.0. The Labute approximate surface area is 119 Å². The van der Waals surface area contributed by atoms with Crippen molar-refractivity contribution in [3.05, 3.63) is 58.7 Å². The van der Waals surface area contributed by atoms with Gasteiger partial charge in [-0.05, 0) is 49.1 Å². The number of rotatable bonds is 3. The summed E-state index contributed by atoms with van der Waals surface area (Å²) in [4.78, 5) is 12.0. The predicted molar refractivity (Wildman–Crippen MR) is 81.1 cm³/mol. The van der Waals surface area contributed by atoms with Crippen LogP contribution in [0.5, 0.6) is 5.75 Å². The fraction of sp³-hybridized carbons (Fsp3) is 0.235. The molecule has 1 amide bonds. The van der Waals surface area contributed by atoms with Gasteiger partial charge in [0.2, 0.25) is 5.91 Å². The maximum absolute atomic E-state index is 12.0. The van der Waals surface area contributed by atoms with E-state index in [1.165, 1.54) is 11.1 Å². The molecule has 0 bridgehead atoms. The first-order chi connectivity index (χ1) is 9.45. The van der Waals surface area contributed by atoms with E-state index in [0.717, 1.165) is 11.1 Å². The Morgan fingerprint density at radius 1 is 1.00 bits per heavy atom. The summed E-state index contributed by atoms with van der Waals surface area (Å²) in [6.45, 7) is 5.90. The number of aromatic hydroxyl groups is 1. The van der Waals surface area contributed by atoms with Gasteiger partial charge in [0.05, 0.1) is 6.42 Å². The molecular weight excluding hydrogens is 250 g/mol. The minimum atomic E-state index is -0.0866. The first-order valence-electron chi connectivity index (χ1n) is 6.61. The number of phenolic OH excluding ortho intramolecular Hbond substituents is 1. The van der Waals surface area contributed by atoms with Crippen molar-refractivity contribution in [1.29, 1.82) is 0 Å². The lowest BCUT2D eigenvalue weighted by molar-refractivity contribution is -0.115. The first kappa shape index (κ1) is 14.1. The number of hydrogen-bond acceptors (Lipinski definition) is 2. The second-order valence-corrected chi connectivity index (χ2v) is 5.14. The highest BCUT2D eigenvalue weighted by Gasteiger charge is 2.06. The third-order valence-corrected chi connectivity index (χ3v) is 3.43. The van der Waals surface area contributed by atoms with Crippen LogP contribution >= 0.6 is 0 Å². The fourth-order valence-electron chi connectivity index (χ4n) is 1.99. The number of benzene rings is 2. The van der Waals surface area contributed by atoms with Crippen molar-refractivity contribution < 1.29 is 9.90 Å². The number of hydrogen-bond donors (Lipinski definition) is 2. The third kappa shape index (κ3) is 3.38. The van der Waals surface area contributed by atoms with Gasteiger partial charge < -0.3 is 10.4 Å². The van der Waals surface area contributed by atoms with Crippen LogP contribution in [0, 0.1) is 20.8 Å². The van der Waals surface area contributed by atoms with Gasteiger partial charge in [-0.1, -0.05) is 24.3 Å². The van der Waals surface area contributed by atoms with Crippen LogP contribution in [0.1, 0.15) is 22.3 Å². The topological polar surface area (TPSA) is 49.3 Å². The molecule has 0 aliphatic heterocycles. The molecule has 0 saturated heterocycles. The molecule has 0 aliphatic rings. The van der Waals surface area contributed by atoms with E-state index < -0.39 is 0 Å². The van der Waals surface area contributed by atoms with Gasteiger partial charge in [0.1, 0.15) is 5.75 Å². The van der Waals surface area contributed by atoms with Crippen molar-refractivity contribution >= 4 is 11.6 Å². The molecule has 0 aliphatic carbocycles. The van der Waals surface area contributed by atoms with E-state index in [1.54, 1.807) is 18.2 Å². The number of nitrogens with one attached hydrogen (secondary N) is 1. The van der Waals surface area contributed by atoms with Gasteiger partial charge in [0.15, 0.2) is 0 Å². The lowest BCUT2D eigenvalue weighted by Crippen LogP contribution is -2.14. The molecule has 0 heterocycles. The molecule has 0 aromatic heterocycles. The number of aryl methyl sites for hydroxylation is 3. The van der Waals surface area contributed by atoms with Gasteiger partial charge in [-0.2, -0.15) is 0 Å². The molecule has 2 rings (SSSR count). The molecule has 0 radical (unpaired) electrons. The molecule has 0 saturated carbocycles. The van der Waals surface area contributed by atoms with Crippen molar-refractivity contribution in [1.82, 2.24) is 0 Å². The zero-order chi connectivity index (χ0) is 14.7. The Bertz CT molecular complexity index is 592. The van der Waals surface area contributed by atoms with E-state index in [4.69, 9.17) is 0 Å². The summed E-state index contributed by atoms with van der Waals surface area (Å²) in [5.74, 6) is 0.102. The fourth-order valence-corrected chi connectivity index (χ4v) is 1.99. The average Bonchev–Trinajstić information content (AvgIpc) is 2.38. The molecule has 3 heteroatoms. The molecule has 20 heavy (non-hydrogen) atoms. The van der Waals surface area contributed by atoms with Crippen molar-refractivity contribution in [3.8, 4) is 5.75 Å². The largest absolute Gasteiger partial charge is 0.508 e. The van der Waals surface area contributed by atoms with Crippen LogP contribution in [-0.2, 0) is 11.2 Å². The van der Waals surface area contributed by atoms with Crippen LogP contribution in [0.3, 0.4) is 0 Å². The second kappa shape index (κ2) is 5.78. The molecule has 104 valence electrons. The van der Waals surface area contributed by atoms with E-state index in [9.17, 15) is 9.90 Å². The maximum Gasteiger partial charge on any atom is 0.228 e. The summed E-state index contributed by atoms with van der Waals surface area (Å²) < 4.78 is 0. The van der Waals surface area contributed by atoms with Gasteiger partial charge in [0, 0.05) is 11.8 Å². The molecule has 3 nitrogen and oxygen atoms in total. The predicted octanol–water partition coefficient (Wildman–Crippen LogP) is 3.50. The van der Waals surface area contributed by atoms with Crippen LogP contribution in [0.2, 0.25) is 0 Å². The average molecular weight is 269 g/mol. The standard InChI is InChI=1S/C17H19NO2/c1-11-4-6-14(8-13(11)3)9-17(20)18-15-7-5-12(2)16(19)10-15/h4-8,10,19H,9H2,1-3H3,(H,18,20). The van der Waals surface area contributed by atoms with Crippen molar-refractivity contribution in [2.45, 2.75) is 27.2 Å². The molecule has 0 atom stereocenters. The molecule has 2 aromatic rings. The SMILES string of the molecule is Cc1ccc(CC(=O)Nc2ccc(C)c(O)c2)cc1C. The molecule has 0 spiro atoms. The Hall–Kier alpha value is -2.29. The third-order valence-electron chi connectivity index (χ3n) is 3.43. The second-order valence-electron chi connectivity index (χ2n) is 5.14. The van der Waals surface area contributed by atoms with E-state index >= 15 is 0 Å². The van der Waals surface area contributed by atoms with Crippen LogP contribution < -0.4 is 5.32 Å². The van der Waals surface area contributed by atoms with Crippen LogP contribution in [-0.4, -0.2) is 11.0 Å². The first-order valence-corrected chi connectivity index (χ1v) is 6.61. The Balaban J connectivity index is 2.04. The highest BCUT2D eigenvalue weighted by atomic mass is 16.3. The summed E-state index contributed by atoms with van der Waals surface area (Å²) in [5.41, 5.74) is 4.79. The van der Waals surface area contributed by atoms with E-state index in [-0.39, 0.29) is 11.7 Å². The van der Waals surface area contributed by atoms with Gasteiger partial charge in [-0.3, -0.25) is 4.79 Å². The minimum Gasteiger partial charge on any atom is -0.508 e. The van der Waals surface area contributed by atoms with E-state index in [1.807, 2.05) is 39.0 Å². The van der Waals surface area contributed by atoms with Crippen molar-refractivity contribution in [3.63, 3.8) is 0 Å². The maximum atomic E-state index is 12.0. The van der Waals surface area contributed by atoms with Crippen molar-refractivity contribution in [2.24, 2.45) is 0 Å². The van der Waals surface area contributed by atoms with Crippen molar-refractivity contribution in [2.75, 3.05) is 5.32 Å². The van der Waals surface area contributed by atoms with Gasteiger partial charge >= 0.3 is 0 Å². The number of amides is 1. The Morgan fingerprint density at radius 3 is 2.35 bits per heavy atom. The summed E-state index contributed by atoms with van der Waals surface area (Å²) in [6.07, 6.45) is 0.329. The number of anilines is 1. The van der Waals surface area contributed by atoms with E-state index in [2.05, 4.69) is 5.32 Å². The Kier molecular flexibility index (Phi) is 4.08. The molecule has 0 fully saturated rings. The summed E-state index contributed by atoms with van der Waals surface area (Å²) in [7, 11) is 0. The zero-order valence-corrected chi connectivity index (χ0v) is 12.0. The monoisotopic (exact) mass is 269 g/mol. The molecule has 2 N–H and O–H groups in total. The van der Waals surface area contributed by atoms with Crippen LogP contribution in [0.25, 0.3) is 0 Å². The smallest absolute Gasteiger partial charge is 0.228 e. The number of carbonyl (C=O) groups is 1. The van der Waals surface area contributed by atoms with E-state index in [0.29, 0.717) is 12.1 Å². The minimum absolute atomic E-state index is 0.0866. The molecule has 0 unspecified atom stereocenters. The summed E-state index contributed by atoms with van der Waals surface area (Å²) in [6, 6.07) is 11.1. The normalized spacial score (nSPS) is 10.3. The van der Waals surface area contributed by atoms with Gasteiger partial charge in [0.25, 0.3) is 0 Å². The lowest BCUT2D eigenvalue weighted by Gasteiger charge is -2.08. The van der Waals surface area contributed by atoms with Crippen LogP contribution in [0.15, 0.2) is 36.4 Å². The van der Waals surface area contributed by atoms with Gasteiger partial charge in [-0.25, -0.2) is 0 Å². The summed E-state index contributed by atoms with van der Waals surface area (Å²) in [5, 5.41) is 12.4. The highest BCUT2D eigenvalue weighted by Crippen LogP contribution is 2.21. The number of phenols is 1. The highest BCUT2D eigenvalue weighted by molar-refractivity contribution is 5.92. The lowest BCUT2D eigenvalue weighted by atomic mass is 10.0. The summed E-state index contributed by atoms with van der Waals surface area (Å²) >= 11 is 0. The quantitative estimate of drug-likeness (QED) is 0.896.